The molecule has 5 rings (SSSR count). The fraction of sp³-hybridized carbons (Fsp3) is 0.382. The zero-order valence-corrected chi connectivity index (χ0v) is 27.7. The van der Waals surface area contributed by atoms with Gasteiger partial charge in [0.15, 0.2) is 0 Å². The maximum Gasteiger partial charge on any atom is 0.270 e. The summed E-state index contributed by atoms with van der Waals surface area (Å²) in [4.78, 5) is 57.4. The number of nitrogens with one attached hydrogen (secondary N) is 4. The first kappa shape index (κ1) is 34.5. The first-order valence-corrected chi connectivity index (χ1v) is 17.6. The highest BCUT2D eigenvalue weighted by Crippen LogP contribution is 2.30. The van der Waals surface area contributed by atoms with Crippen LogP contribution in [-0.2, 0) is 37.2 Å². The Morgan fingerprint density at radius 2 is 1.65 bits per heavy atom. The van der Waals surface area contributed by atoms with E-state index in [4.69, 9.17) is 0 Å². The number of sulfonamides is 1. The Hall–Kier alpha value is -4.82. The van der Waals surface area contributed by atoms with E-state index in [-0.39, 0.29) is 61.3 Å². The minimum atomic E-state index is -4.04. The predicted octanol–water partition coefficient (Wildman–Crippen LogP) is 1.85. The molecular weight excluding hydrogens is 634 g/mol. The molecule has 0 spiro atoms. The second kappa shape index (κ2) is 15.8. The second-order valence-corrected chi connectivity index (χ2v) is 13.7. The van der Waals surface area contributed by atoms with Gasteiger partial charge >= 0.3 is 0 Å². The van der Waals surface area contributed by atoms with Crippen molar-refractivity contribution in [2.24, 2.45) is 0 Å². The molecule has 0 unspecified atom stereocenters. The van der Waals surface area contributed by atoms with Gasteiger partial charge in [0.1, 0.15) is 11.7 Å². The number of aromatic nitrogens is 1. The highest BCUT2D eigenvalue weighted by Gasteiger charge is 2.29. The summed E-state index contributed by atoms with van der Waals surface area (Å²) < 4.78 is 29.3. The number of amides is 4. The van der Waals surface area contributed by atoms with Gasteiger partial charge in [0.25, 0.3) is 5.91 Å². The van der Waals surface area contributed by atoms with Gasteiger partial charge in [-0.2, -0.15) is 4.31 Å². The summed E-state index contributed by atoms with van der Waals surface area (Å²) in [5.41, 5.74) is 3.05. The fourth-order valence-corrected chi connectivity index (χ4v) is 7.39. The van der Waals surface area contributed by atoms with Crippen LogP contribution in [0, 0.1) is 0 Å². The molecule has 2 aromatic carbocycles. The number of rotatable bonds is 4. The smallest absolute Gasteiger partial charge is 0.270 e. The third-order valence-electron chi connectivity index (χ3n) is 8.33. The summed E-state index contributed by atoms with van der Waals surface area (Å²) in [7, 11) is -4.04. The van der Waals surface area contributed by atoms with Crippen LogP contribution in [0.25, 0.3) is 0 Å². The first-order valence-electron chi connectivity index (χ1n) is 16.1. The van der Waals surface area contributed by atoms with Gasteiger partial charge in [-0.3, -0.25) is 24.2 Å². The largest absolute Gasteiger partial charge is 0.383 e. The van der Waals surface area contributed by atoms with Crippen LogP contribution in [0.3, 0.4) is 0 Å². The standard InChI is InChI=1S/C34H41N7O6S/c1-24(42)41-19-5-9-26-22-28(11-12-31(26)41)48(46,47)40-18-6-10-32(43)37-16-15-35-27-13-14-36-29(23-27)34(45)39-30(33(44)38-17-20-40)21-25-7-3-2-4-8-25/h2-4,7-8,11-14,22-23,30,35H,5-6,9-10,15-21H2,1H3,(H,37,43)(H,38,44)(H,39,45)/t30-/m0/s1. The molecule has 2 bridgehead atoms. The van der Waals surface area contributed by atoms with Gasteiger partial charge in [-0.05, 0) is 60.7 Å². The summed E-state index contributed by atoms with van der Waals surface area (Å²) in [5.74, 6) is -1.35. The van der Waals surface area contributed by atoms with E-state index in [9.17, 15) is 27.6 Å². The number of anilines is 2. The summed E-state index contributed by atoms with van der Waals surface area (Å²) in [6.07, 6.45) is 3.42. The van der Waals surface area contributed by atoms with E-state index in [0.29, 0.717) is 37.4 Å². The molecule has 1 aromatic heterocycles. The molecule has 0 saturated carbocycles. The number of fused-ring (bicyclic) bond motifs is 3. The predicted molar refractivity (Wildman–Crippen MR) is 181 cm³/mol. The molecule has 254 valence electrons. The molecule has 2 aliphatic heterocycles. The molecule has 13 nitrogen and oxygen atoms in total. The average molecular weight is 676 g/mol. The van der Waals surface area contributed by atoms with Gasteiger partial charge in [0, 0.05) is 76.6 Å². The Balaban J connectivity index is 1.38. The van der Waals surface area contributed by atoms with Gasteiger partial charge in [-0.15, -0.1) is 0 Å². The zero-order valence-electron chi connectivity index (χ0n) is 26.9. The van der Waals surface area contributed by atoms with Gasteiger partial charge in [0.2, 0.25) is 27.7 Å². The van der Waals surface area contributed by atoms with Crippen LogP contribution in [0.1, 0.15) is 47.8 Å². The molecular formula is C34H41N7O6S. The van der Waals surface area contributed by atoms with Crippen molar-refractivity contribution in [1.82, 2.24) is 25.2 Å². The van der Waals surface area contributed by atoms with Crippen LogP contribution in [0.2, 0.25) is 0 Å². The molecule has 2 aliphatic rings. The maximum atomic E-state index is 14.0. The van der Waals surface area contributed by atoms with Crippen LogP contribution < -0.4 is 26.2 Å². The average Bonchev–Trinajstić information content (AvgIpc) is 3.08. The fourth-order valence-electron chi connectivity index (χ4n) is 5.86. The summed E-state index contributed by atoms with van der Waals surface area (Å²) in [6, 6.07) is 16.3. The number of carbonyl (C=O) groups is 4. The Bertz CT molecular complexity index is 1750. The molecule has 48 heavy (non-hydrogen) atoms. The minimum Gasteiger partial charge on any atom is -0.383 e. The van der Waals surface area contributed by atoms with E-state index in [2.05, 4.69) is 26.3 Å². The van der Waals surface area contributed by atoms with Crippen LogP contribution >= 0.6 is 0 Å². The van der Waals surface area contributed by atoms with Crippen molar-refractivity contribution in [1.29, 1.82) is 0 Å². The van der Waals surface area contributed by atoms with Crippen LogP contribution in [-0.4, -0.2) is 86.6 Å². The van der Waals surface area contributed by atoms with Gasteiger partial charge < -0.3 is 26.2 Å². The second-order valence-electron chi connectivity index (χ2n) is 11.8. The lowest BCUT2D eigenvalue weighted by Crippen LogP contribution is -2.50. The highest BCUT2D eigenvalue weighted by molar-refractivity contribution is 7.89. The first-order chi connectivity index (χ1) is 23.1. The van der Waals surface area contributed by atoms with Gasteiger partial charge in [-0.1, -0.05) is 30.3 Å². The number of carbonyl (C=O) groups excluding carboxylic acids is 4. The van der Waals surface area contributed by atoms with Gasteiger partial charge in [0.05, 0.1) is 4.90 Å². The zero-order chi connectivity index (χ0) is 34.1. The summed E-state index contributed by atoms with van der Waals surface area (Å²) >= 11 is 0. The number of pyridine rings is 1. The molecule has 3 aromatic rings. The maximum absolute atomic E-state index is 14.0. The van der Waals surface area contributed by atoms with E-state index in [1.54, 1.807) is 29.2 Å². The van der Waals surface area contributed by atoms with Crippen molar-refractivity contribution in [2.45, 2.75) is 50.0 Å². The Morgan fingerprint density at radius 1 is 0.875 bits per heavy atom. The Kier molecular flexibility index (Phi) is 11.4. The molecule has 0 saturated heterocycles. The van der Waals surface area contributed by atoms with Crippen LogP contribution in [0.4, 0.5) is 11.4 Å². The number of hydrogen-bond donors (Lipinski definition) is 4. The van der Waals surface area contributed by atoms with Crippen LogP contribution in [0.5, 0.6) is 0 Å². The topological polar surface area (TPSA) is 170 Å². The van der Waals surface area contributed by atoms with E-state index in [1.807, 2.05) is 30.3 Å². The van der Waals surface area contributed by atoms with Crippen molar-refractivity contribution in [2.75, 3.05) is 49.5 Å². The Labute approximate surface area is 280 Å². The lowest BCUT2D eigenvalue weighted by atomic mass is 10.0. The molecule has 3 heterocycles. The van der Waals surface area contributed by atoms with E-state index >= 15 is 0 Å². The van der Waals surface area contributed by atoms with E-state index < -0.39 is 27.9 Å². The normalized spacial score (nSPS) is 18.9. The molecule has 0 fully saturated rings. The van der Waals surface area contributed by atoms with Gasteiger partial charge in [-0.25, -0.2) is 8.42 Å². The van der Waals surface area contributed by atoms with Crippen molar-refractivity contribution in [3.63, 3.8) is 0 Å². The molecule has 4 N–H and O–H groups in total. The molecule has 1 atom stereocenters. The molecule has 4 amide bonds. The third kappa shape index (κ3) is 8.75. The van der Waals surface area contributed by atoms with Crippen molar-refractivity contribution in [3.05, 3.63) is 83.7 Å². The van der Waals surface area contributed by atoms with Crippen molar-refractivity contribution in [3.8, 4) is 0 Å². The third-order valence-corrected chi connectivity index (χ3v) is 10.2. The van der Waals surface area contributed by atoms with Crippen LogP contribution in [0.15, 0.2) is 71.8 Å². The number of nitrogens with zero attached hydrogens (tertiary/aromatic N) is 3. The number of hydrogen-bond acceptors (Lipinski definition) is 8. The SMILES string of the molecule is CC(=O)N1CCCc2cc(S(=O)(=O)N3CCCC(=O)NCCNc4ccnc(c4)C(=O)N[C@@H](Cc4ccccc4)C(=O)NCC3)ccc21. The Morgan fingerprint density at radius 3 is 2.44 bits per heavy atom. The van der Waals surface area contributed by atoms with Crippen molar-refractivity contribution >= 4 is 45.0 Å². The molecule has 0 aliphatic carbocycles. The van der Waals surface area contributed by atoms with Crippen molar-refractivity contribution < 1.29 is 27.6 Å². The summed E-state index contributed by atoms with van der Waals surface area (Å²) in [5, 5.41) is 11.6. The summed E-state index contributed by atoms with van der Waals surface area (Å²) in [6.45, 7) is 2.71. The minimum absolute atomic E-state index is 0.0356. The highest BCUT2D eigenvalue weighted by atomic mass is 32.2. The van der Waals surface area contributed by atoms with E-state index in [0.717, 1.165) is 17.5 Å². The quantitative estimate of drug-likeness (QED) is 0.325. The number of benzene rings is 2. The van der Waals surface area contributed by atoms with E-state index in [1.165, 1.54) is 23.5 Å². The molecule has 0 radical (unpaired) electrons. The lowest BCUT2D eigenvalue weighted by molar-refractivity contribution is -0.123. The number of aryl methyl sites for hydroxylation is 1. The monoisotopic (exact) mass is 675 g/mol. The lowest BCUT2D eigenvalue weighted by Gasteiger charge is -2.29. The molecule has 14 heteroatoms.